The van der Waals surface area contributed by atoms with E-state index in [2.05, 4.69) is 15.4 Å². The largest absolute Gasteiger partial charge is 0.351 e. The van der Waals surface area contributed by atoms with Gasteiger partial charge in [0.1, 0.15) is 11.4 Å². The molecule has 0 spiro atoms. The van der Waals surface area contributed by atoms with E-state index in [1.807, 2.05) is 32.8 Å². The number of halogens is 1. The number of aryl methyl sites for hydroxylation is 2. The summed E-state index contributed by atoms with van der Waals surface area (Å²) in [6, 6.07) is 6.45. The Morgan fingerprint density at radius 2 is 1.93 bits per heavy atom. The number of likely N-dealkylation sites (N-methyl/N-ethyl adjacent to an activating group) is 1. The Hall–Kier alpha value is -2.80. The molecule has 3 rings (SSSR count). The van der Waals surface area contributed by atoms with Gasteiger partial charge in [-0.3, -0.25) is 4.79 Å². The molecule has 0 aliphatic heterocycles. The summed E-state index contributed by atoms with van der Waals surface area (Å²) in [4.78, 5) is 19.1. The maximum atomic E-state index is 13.1. The van der Waals surface area contributed by atoms with Crippen LogP contribution < -0.4 is 5.32 Å². The Morgan fingerprint density at radius 3 is 2.59 bits per heavy atom. The van der Waals surface area contributed by atoms with E-state index in [9.17, 15) is 9.18 Å². The lowest BCUT2D eigenvalue weighted by Gasteiger charge is -2.12. The lowest BCUT2D eigenvalue weighted by molar-refractivity contribution is 0.0952. The standard InChI is InChI=1S/C20H24FN5O/c1-13-17(11-15-5-7-16(21)8-6-15)14(2)26-19(24-13)18(12-23-26)20(27)22-9-10-25(3)4/h5-8,12H,9-11H2,1-4H3,(H,22,27). The Balaban J connectivity index is 1.89. The number of carbonyl (C=O) groups excluding carboxylic acids is 1. The molecule has 142 valence electrons. The zero-order valence-corrected chi connectivity index (χ0v) is 16.1. The van der Waals surface area contributed by atoms with Crippen LogP contribution in [0.15, 0.2) is 30.5 Å². The second-order valence-electron chi connectivity index (χ2n) is 6.92. The lowest BCUT2D eigenvalue weighted by atomic mass is 10.0. The van der Waals surface area contributed by atoms with E-state index in [1.54, 1.807) is 22.8 Å². The predicted molar refractivity (Wildman–Crippen MR) is 103 cm³/mol. The SMILES string of the molecule is Cc1nc2c(C(=O)NCCN(C)C)cnn2c(C)c1Cc1ccc(F)cc1. The number of carbonyl (C=O) groups is 1. The van der Waals surface area contributed by atoms with E-state index in [0.717, 1.165) is 29.1 Å². The number of nitrogens with zero attached hydrogens (tertiary/aromatic N) is 4. The lowest BCUT2D eigenvalue weighted by Crippen LogP contribution is -2.31. The molecule has 3 aromatic rings. The third kappa shape index (κ3) is 4.14. The maximum absolute atomic E-state index is 13.1. The summed E-state index contributed by atoms with van der Waals surface area (Å²) >= 11 is 0. The highest BCUT2D eigenvalue weighted by Gasteiger charge is 2.18. The van der Waals surface area contributed by atoms with Crippen molar-refractivity contribution < 1.29 is 9.18 Å². The molecule has 0 saturated heterocycles. The van der Waals surface area contributed by atoms with Crippen LogP contribution in [0.5, 0.6) is 0 Å². The Bertz CT molecular complexity index is 963. The minimum atomic E-state index is -0.252. The van der Waals surface area contributed by atoms with Gasteiger partial charge in [0.15, 0.2) is 5.65 Å². The molecule has 0 bridgehead atoms. The first-order valence-electron chi connectivity index (χ1n) is 8.88. The fourth-order valence-electron chi connectivity index (χ4n) is 3.02. The van der Waals surface area contributed by atoms with E-state index in [4.69, 9.17) is 0 Å². The molecule has 7 heteroatoms. The molecule has 0 atom stereocenters. The Labute approximate surface area is 158 Å². The van der Waals surface area contributed by atoms with Gasteiger partial charge in [-0.05, 0) is 51.2 Å². The van der Waals surface area contributed by atoms with Gasteiger partial charge in [-0.25, -0.2) is 13.9 Å². The van der Waals surface area contributed by atoms with Crippen molar-refractivity contribution in [2.45, 2.75) is 20.3 Å². The van der Waals surface area contributed by atoms with Gasteiger partial charge in [0, 0.05) is 30.9 Å². The average molecular weight is 369 g/mol. The van der Waals surface area contributed by atoms with Crippen molar-refractivity contribution in [1.82, 2.24) is 24.8 Å². The molecular formula is C20H24FN5O. The van der Waals surface area contributed by atoms with Crippen molar-refractivity contribution in [2.24, 2.45) is 0 Å². The zero-order valence-electron chi connectivity index (χ0n) is 16.1. The van der Waals surface area contributed by atoms with Crippen LogP contribution in [0.3, 0.4) is 0 Å². The van der Waals surface area contributed by atoms with E-state index in [1.165, 1.54) is 12.1 Å². The molecule has 0 saturated carbocycles. The molecule has 1 amide bonds. The van der Waals surface area contributed by atoms with Gasteiger partial charge in [0.25, 0.3) is 5.91 Å². The smallest absolute Gasteiger partial charge is 0.256 e. The molecule has 0 aliphatic rings. The number of hydrogen-bond donors (Lipinski definition) is 1. The van der Waals surface area contributed by atoms with Gasteiger partial charge >= 0.3 is 0 Å². The summed E-state index contributed by atoms with van der Waals surface area (Å²) < 4.78 is 14.8. The molecule has 1 N–H and O–H groups in total. The van der Waals surface area contributed by atoms with Crippen molar-refractivity contribution in [3.05, 3.63) is 64.4 Å². The van der Waals surface area contributed by atoms with E-state index in [-0.39, 0.29) is 11.7 Å². The Kier molecular flexibility index (Phi) is 5.51. The van der Waals surface area contributed by atoms with E-state index >= 15 is 0 Å². The predicted octanol–water partition coefficient (Wildman–Crippen LogP) is 2.37. The second kappa shape index (κ2) is 7.84. The summed E-state index contributed by atoms with van der Waals surface area (Å²) in [6.07, 6.45) is 2.19. The monoisotopic (exact) mass is 369 g/mol. The fourth-order valence-corrected chi connectivity index (χ4v) is 3.02. The van der Waals surface area contributed by atoms with Gasteiger partial charge in [-0.2, -0.15) is 5.10 Å². The fraction of sp³-hybridized carbons (Fsp3) is 0.350. The molecule has 0 aliphatic carbocycles. The van der Waals surface area contributed by atoms with E-state index in [0.29, 0.717) is 24.2 Å². The maximum Gasteiger partial charge on any atom is 0.256 e. The highest BCUT2D eigenvalue weighted by atomic mass is 19.1. The summed E-state index contributed by atoms with van der Waals surface area (Å²) in [5.74, 6) is -0.429. The molecule has 2 aromatic heterocycles. The molecule has 0 radical (unpaired) electrons. The third-order valence-corrected chi connectivity index (χ3v) is 4.59. The first kappa shape index (κ1) is 19.0. The van der Waals surface area contributed by atoms with Gasteiger partial charge in [-0.1, -0.05) is 12.1 Å². The van der Waals surface area contributed by atoms with Gasteiger partial charge in [0.2, 0.25) is 0 Å². The van der Waals surface area contributed by atoms with Crippen LogP contribution in [-0.4, -0.2) is 52.6 Å². The molecule has 6 nitrogen and oxygen atoms in total. The normalized spacial score (nSPS) is 11.3. The van der Waals surface area contributed by atoms with Crippen LogP contribution in [-0.2, 0) is 6.42 Å². The third-order valence-electron chi connectivity index (χ3n) is 4.59. The van der Waals surface area contributed by atoms with Crippen LogP contribution in [0, 0.1) is 19.7 Å². The van der Waals surface area contributed by atoms with Crippen molar-refractivity contribution in [3.8, 4) is 0 Å². The minimum absolute atomic E-state index is 0.176. The molecule has 0 fully saturated rings. The summed E-state index contributed by atoms with van der Waals surface area (Å²) in [7, 11) is 3.91. The summed E-state index contributed by atoms with van der Waals surface area (Å²) in [5.41, 5.74) is 4.80. The Morgan fingerprint density at radius 1 is 1.22 bits per heavy atom. The molecular weight excluding hydrogens is 345 g/mol. The first-order valence-corrected chi connectivity index (χ1v) is 8.88. The van der Waals surface area contributed by atoms with Gasteiger partial charge < -0.3 is 10.2 Å². The number of benzene rings is 1. The summed E-state index contributed by atoms with van der Waals surface area (Å²) in [6.45, 7) is 5.20. The molecule has 2 heterocycles. The molecule has 27 heavy (non-hydrogen) atoms. The van der Waals surface area contributed by atoms with Gasteiger partial charge in [-0.15, -0.1) is 0 Å². The number of amides is 1. The second-order valence-corrected chi connectivity index (χ2v) is 6.92. The number of fused-ring (bicyclic) bond motifs is 1. The first-order chi connectivity index (χ1) is 12.9. The van der Waals surface area contributed by atoms with Crippen molar-refractivity contribution in [1.29, 1.82) is 0 Å². The minimum Gasteiger partial charge on any atom is -0.351 e. The topological polar surface area (TPSA) is 62.5 Å². The summed E-state index contributed by atoms with van der Waals surface area (Å²) in [5, 5.41) is 7.26. The van der Waals surface area contributed by atoms with Crippen molar-refractivity contribution in [3.63, 3.8) is 0 Å². The molecule has 0 unspecified atom stereocenters. The number of aromatic nitrogens is 3. The van der Waals surface area contributed by atoms with E-state index < -0.39 is 0 Å². The molecule has 1 aromatic carbocycles. The average Bonchev–Trinajstić information content (AvgIpc) is 3.03. The number of hydrogen-bond acceptors (Lipinski definition) is 4. The van der Waals surface area contributed by atoms with Gasteiger partial charge in [0.05, 0.1) is 6.20 Å². The van der Waals surface area contributed by atoms with Crippen LogP contribution in [0.4, 0.5) is 4.39 Å². The van der Waals surface area contributed by atoms with Crippen LogP contribution >= 0.6 is 0 Å². The number of nitrogens with one attached hydrogen (secondary N) is 1. The van der Waals surface area contributed by atoms with Crippen LogP contribution in [0.1, 0.15) is 32.9 Å². The van der Waals surface area contributed by atoms with Crippen molar-refractivity contribution in [2.75, 3.05) is 27.2 Å². The highest BCUT2D eigenvalue weighted by Crippen LogP contribution is 2.20. The van der Waals surface area contributed by atoms with Crippen molar-refractivity contribution >= 4 is 11.6 Å². The zero-order chi connectivity index (χ0) is 19.6. The number of rotatable bonds is 6. The quantitative estimate of drug-likeness (QED) is 0.725. The van der Waals surface area contributed by atoms with Crippen LogP contribution in [0.2, 0.25) is 0 Å². The van der Waals surface area contributed by atoms with Crippen LogP contribution in [0.25, 0.3) is 5.65 Å². The highest BCUT2D eigenvalue weighted by molar-refractivity contribution is 5.99.